The topological polar surface area (TPSA) is 372 Å². The van der Waals surface area contributed by atoms with Gasteiger partial charge in [-0.15, -0.1) is 0 Å². The molecule has 0 aliphatic heterocycles. The van der Waals surface area contributed by atoms with E-state index in [-0.39, 0.29) is 22.0 Å². The summed E-state index contributed by atoms with van der Waals surface area (Å²) in [7, 11) is 0. The van der Waals surface area contributed by atoms with Crippen LogP contribution in [0.2, 0.25) is 0 Å². The van der Waals surface area contributed by atoms with Gasteiger partial charge in [-0.05, 0) is 381 Å². The average molecular weight is 1990 g/mol. The highest BCUT2D eigenvalue weighted by Crippen LogP contribution is 2.49. The Hall–Kier alpha value is -17.7. The molecule has 0 atom stereocenters. The third kappa shape index (κ3) is 15.7. The molecule has 30 heteroatoms. The number of carbonyl (C=O) groups is 1. The number of nitriles is 2. The van der Waals surface area contributed by atoms with Gasteiger partial charge in [0.15, 0.2) is 0 Å². The highest BCUT2D eigenvalue weighted by molar-refractivity contribution is 6.15. The van der Waals surface area contributed by atoms with E-state index in [1.165, 1.54) is 125 Å². The molecule has 24 nitrogen and oxygen atoms in total. The minimum Gasteiger partial charge on any atom is -0.477 e. The van der Waals surface area contributed by atoms with Gasteiger partial charge in [-0.25, -0.2) is 29.7 Å². The molecule has 0 spiro atoms. The number of aromatic carboxylic acids is 1. The summed E-state index contributed by atoms with van der Waals surface area (Å²) in [6.45, 7) is 10.3. The predicted molar refractivity (Wildman–Crippen MR) is 577 cm³/mol. The number of H-pyrrole nitrogens is 10. The Labute approximate surface area is 850 Å². The maximum absolute atomic E-state index is 13.4. The van der Waals surface area contributed by atoms with Gasteiger partial charge in [0.1, 0.15) is 40.6 Å². The van der Waals surface area contributed by atoms with Crippen molar-refractivity contribution in [1.82, 2.24) is 101 Å². The van der Waals surface area contributed by atoms with Crippen LogP contribution in [0.25, 0.3) is 220 Å². The summed E-state index contributed by atoms with van der Waals surface area (Å²) in [5, 5.41) is 77.2. The molecule has 10 aromatic carbocycles. The summed E-state index contributed by atoms with van der Waals surface area (Å²) in [6, 6.07) is 63.8. The Balaban J connectivity index is 0.0000000946. The minimum atomic E-state index is -4.51. The smallest absolute Gasteiger partial charge is 0.433 e. The summed E-state index contributed by atoms with van der Waals surface area (Å²) in [6.07, 6.45) is 12.3. The van der Waals surface area contributed by atoms with E-state index in [4.69, 9.17) is 15.0 Å². The number of nitrogens with one attached hydrogen (secondary N) is 10. The van der Waals surface area contributed by atoms with Crippen molar-refractivity contribution in [3.63, 3.8) is 0 Å². The molecule has 0 saturated heterocycles. The molecule has 30 rings (SSSR count). The Morgan fingerprint density at radius 2 is 0.567 bits per heavy atom. The normalized spacial score (nSPS) is 14.1. The molecule has 0 fully saturated rings. The van der Waals surface area contributed by atoms with E-state index in [1.54, 1.807) is 30.3 Å². The molecule has 15 aromatic heterocycles. The molecule has 150 heavy (non-hydrogen) atoms. The van der Waals surface area contributed by atoms with Gasteiger partial charge in [-0.2, -0.15) is 62.4 Å². The SMILES string of the molecule is Cc1[nH]nc2ccc(-c3[nH]c4ccc5nc(C#N)cc5c4c4c3CCCC4)cc12.Cc1[nH]nc2ccc(-c3nc4ccc5[nH]c(C(=O)O)cc5c4c4c3CCCC4)cc12.Cc1cc2c(ccc3nc(-c4ccc5n[nH]c(C(F)(F)F)c5c4)c4c(c32)CCCC4)[nH]1.Cc1cc2c(ccc3nc(-c4ccc5n[nH]c(C)c5c4)c4c(c32)CCCC4)[nH]1.N#Cc1cc2c(ccc3[nH]c(-c4ccc5n[nH]c(C(F)(F)F)c5c4)c4c(c32)CCCC4)n1. The first-order valence-electron chi connectivity index (χ1n) is 51.1. The molecule has 0 saturated carbocycles. The van der Waals surface area contributed by atoms with E-state index >= 15 is 0 Å². The van der Waals surface area contributed by atoms with Gasteiger partial charge in [0.25, 0.3) is 0 Å². The van der Waals surface area contributed by atoms with Gasteiger partial charge in [-0.3, -0.25) is 25.5 Å². The average Bonchev–Trinajstić information content (AvgIpc) is 1.52. The number of pyridine rings is 5. The van der Waals surface area contributed by atoms with Crippen LogP contribution in [0.3, 0.4) is 0 Å². The maximum atomic E-state index is 13.4. The summed E-state index contributed by atoms with van der Waals surface area (Å²) < 4.78 is 80.6. The molecule has 0 bridgehead atoms. The molecule has 0 amide bonds. The van der Waals surface area contributed by atoms with Crippen LogP contribution in [0, 0.1) is 57.3 Å². The molecule has 0 radical (unpaired) electrons. The van der Waals surface area contributed by atoms with E-state index in [2.05, 4.69) is 198 Å². The van der Waals surface area contributed by atoms with Crippen molar-refractivity contribution in [3.8, 4) is 68.4 Å². The maximum Gasteiger partial charge on any atom is 0.433 e. The van der Waals surface area contributed by atoms with Gasteiger partial charge < -0.3 is 30.0 Å². The van der Waals surface area contributed by atoms with Gasteiger partial charge in [0.05, 0.1) is 72.2 Å². The van der Waals surface area contributed by atoms with Crippen LogP contribution < -0.4 is 0 Å². The predicted octanol–water partition coefficient (Wildman–Crippen LogP) is 28.7. The summed E-state index contributed by atoms with van der Waals surface area (Å²) in [5.74, 6) is -0.943. The van der Waals surface area contributed by atoms with Crippen LogP contribution in [-0.2, 0) is 76.6 Å². The van der Waals surface area contributed by atoms with E-state index in [9.17, 15) is 46.8 Å². The van der Waals surface area contributed by atoms with Crippen molar-refractivity contribution in [1.29, 1.82) is 10.5 Å². The lowest BCUT2D eigenvalue weighted by Crippen LogP contribution is -2.08. The Morgan fingerprint density at radius 1 is 0.280 bits per heavy atom. The largest absolute Gasteiger partial charge is 0.477 e. The number of aromatic amines is 10. The number of alkyl halides is 6. The number of hydrogen-bond donors (Lipinski definition) is 11. The molecular formula is C120H96F6N22O2. The van der Waals surface area contributed by atoms with Crippen LogP contribution in [0.1, 0.15) is 182 Å². The summed E-state index contributed by atoms with van der Waals surface area (Å²) in [5.41, 5.74) is 41.2. The van der Waals surface area contributed by atoms with Crippen molar-refractivity contribution in [3.05, 3.63) is 295 Å². The van der Waals surface area contributed by atoms with E-state index in [0.29, 0.717) is 28.0 Å². The molecule has 15 heterocycles. The van der Waals surface area contributed by atoms with Gasteiger partial charge in [0, 0.05) is 165 Å². The zero-order chi connectivity index (χ0) is 102. The number of aryl methyl sites for hydroxylation is 10. The van der Waals surface area contributed by atoms with Crippen LogP contribution in [-0.4, -0.2) is 112 Å². The highest BCUT2D eigenvalue weighted by Gasteiger charge is 2.38. The number of carboxylic acids is 1. The standard InChI is InChI=1S/C24H16F3N5.C24H19F3N4.C24H19N5.C24H20N4O2.C24H22N4/c25-24(26,27)23-17-9-12(5-6-19(17)31-32-23)22-15-4-2-1-3-14(15)21-16-10-13(11-28)29-18(16)7-8-20(21)30-22;1-12-10-16-18(28-12)8-9-20-21(16)14-4-2-3-5-15(14)22(29-20)13-6-7-19-17(11-13)23(31-30-19)24(25,26)27;1-13-18-10-14(6-7-21(18)29-28-13)24-17-5-3-2-4-16(17)23-19-11-15(12-25)26-20(19)8-9-22(23)27-24;1-12-16-10-13(6-7-19(16)28-27-12)23-15-5-3-2-4-14(15)22-17-11-21(24(29)30)25-18(17)8-9-20(22)26-23;1-13-11-19-20(25-13)9-10-22-23(19)16-5-3-4-6-17(16)24(26-22)15-7-8-21-18(12-15)14(2)27-28-21/h5-10,30H,1-4H2,(H,31,32);6-11,28H,2-5H2,1H3,(H,30,31);6-11,27H,2-5H2,1H3,(H,28,29);6-11,25H,2-5H2,1H3,(H,27,28)(H,29,30);7-12,25H,3-6H2,1-2H3,(H,27,28). The van der Waals surface area contributed by atoms with Crippen LogP contribution >= 0.6 is 0 Å². The van der Waals surface area contributed by atoms with Gasteiger partial charge in [0.2, 0.25) is 0 Å². The summed E-state index contributed by atoms with van der Waals surface area (Å²) >= 11 is 0. The number of carboxylic acid groups (broad SMARTS) is 1. The fraction of sp³-hybridized carbons (Fsp3) is 0.225. The number of aromatic nitrogens is 20. The lowest BCUT2D eigenvalue weighted by Gasteiger charge is -2.23. The fourth-order valence-electron chi connectivity index (χ4n) is 24.5. The number of halogens is 6. The van der Waals surface area contributed by atoms with E-state index < -0.39 is 29.7 Å². The minimum absolute atomic E-state index is 0.0578. The van der Waals surface area contributed by atoms with Gasteiger partial charge >= 0.3 is 18.3 Å². The second kappa shape index (κ2) is 35.9. The van der Waals surface area contributed by atoms with E-state index in [1.807, 2.05) is 86.6 Å². The first kappa shape index (κ1) is 92.2. The lowest BCUT2D eigenvalue weighted by molar-refractivity contribution is -0.140. The molecular weight excluding hydrogens is 1900 g/mol. The van der Waals surface area contributed by atoms with Crippen LogP contribution in [0.4, 0.5) is 26.3 Å². The lowest BCUT2D eigenvalue weighted by atomic mass is 9.85. The van der Waals surface area contributed by atoms with Crippen LogP contribution in [0.5, 0.6) is 0 Å². The summed E-state index contributed by atoms with van der Waals surface area (Å²) in [4.78, 5) is 52.7. The van der Waals surface area contributed by atoms with Crippen molar-refractivity contribution in [2.75, 3.05) is 0 Å². The molecule has 25 aromatic rings. The van der Waals surface area contributed by atoms with Crippen molar-refractivity contribution in [2.24, 2.45) is 0 Å². The molecule has 740 valence electrons. The van der Waals surface area contributed by atoms with Crippen molar-refractivity contribution >= 4 is 170 Å². The quantitative estimate of drug-likeness (QED) is 0.0690. The number of nitrogens with zero attached hydrogens (tertiary/aromatic N) is 12. The van der Waals surface area contributed by atoms with Crippen molar-refractivity contribution < 1.29 is 36.2 Å². The van der Waals surface area contributed by atoms with Crippen LogP contribution in [0.15, 0.2) is 182 Å². The molecule has 0 unspecified atom stereocenters. The number of rotatable bonds is 6. The zero-order valence-electron chi connectivity index (χ0n) is 82.5. The third-order valence-electron chi connectivity index (χ3n) is 31.4. The third-order valence-corrected chi connectivity index (χ3v) is 31.4. The first-order chi connectivity index (χ1) is 72.8. The first-order valence-corrected chi connectivity index (χ1v) is 51.1. The Bertz CT molecular complexity index is 10100. The Kier molecular flexibility index (Phi) is 22.1. The monoisotopic (exact) mass is 1990 g/mol. The number of hydrogen-bond acceptors (Lipinski definition) is 13. The Morgan fingerprint density at radius 3 is 0.927 bits per heavy atom. The van der Waals surface area contributed by atoms with Gasteiger partial charge in [-0.1, -0.05) is 30.3 Å². The van der Waals surface area contributed by atoms with E-state index in [0.717, 1.165) is 274 Å². The zero-order valence-corrected chi connectivity index (χ0v) is 82.5. The fourth-order valence-corrected chi connectivity index (χ4v) is 24.5. The second-order valence-electron chi connectivity index (χ2n) is 40.6. The number of fused-ring (bicyclic) bond motifs is 30. The molecule has 5 aliphatic rings. The highest BCUT2D eigenvalue weighted by atomic mass is 19.4. The molecule has 11 N–H and O–H groups in total. The number of benzene rings is 10. The van der Waals surface area contributed by atoms with Crippen molar-refractivity contribution in [2.45, 2.75) is 175 Å². The molecule has 5 aliphatic carbocycles. The second-order valence-corrected chi connectivity index (χ2v) is 40.6.